The zero-order valence-corrected chi connectivity index (χ0v) is 13.5. The number of nitrogens with zero attached hydrogens (tertiary/aromatic N) is 1. The fourth-order valence-electron chi connectivity index (χ4n) is 2.20. The van der Waals surface area contributed by atoms with Crippen LogP contribution in [0.1, 0.15) is 5.89 Å². The quantitative estimate of drug-likeness (QED) is 0.732. The van der Waals surface area contributed by atoms with Crippen LogP contribution < -0.4 is 5.14 Å². The van der Waals surface area contributed by atoms with Crippen molar-refractivity contribution in [2.24, 2.45) is 5.14 Å². The van der Waals surface area contributed by atoms with E-state index in [4.69, 9.17) is 21.2 Å². The van der Waals surface area contributed by atoms with Gasteiger partial charge in [0.05, 0.1) is 10.8 Å². The molecular weight excluding hydrogens is 336 g/mol. The second-order valence-electron chi connectivity index (χ2n) is 4.85. The average molecular weight is 349 g/mol. The lowest BCUT2D eigenvalue weighted by Crippen LogP contribution is -2.11. The van der Waals surface area contributed by atoms with Gasteiger partial charge in [-0.15, -0.1) is 11.6 Å². The van der Waals surface area contributed by atoms with Gasteiger partial charge in [0.2, 0.25) is 15.9 Å². The van der Waals surface area contributed by atoms with Gasteiger partial charge in [0.15, 0.2) is 5.76 Å². The Balaban J connectivity index is 2.11. The average Bonchev–Trinajstić information content (AvgIpc) is 2.99. The normalized spacial score (nSPS) is 11.6. The molecule has 0 aliphatic rings. The smallest absolute Gasteiger partial charge is 0.238 e. The van der Waals surface area contributed by atoms with Gasteiger partial charge in [-0.2, -0.15) is 0 Å². The first-order valence-electron chi connectivity index (χ1n) is 6.73. The largest absolute Gasteiger partial charge is 0.439 e. The van der Waals surface area contributed by atoms with Crippen LogP contribution in [-0.4, -0.2) is 13.4 Å². The van der Waals surface area contributed by atoms with Crippen LogP contribution in [0.5, 0.6) is 0 Å². The van der Waals surface area contributed by atoms with Crippen molar-refractivity contribution < 1.29 is 12.8 Å². The van der Waals surface area contributed by atoms with Gasteiger partial charge in [-0.1, -0.05) is 30.3 Å². The van der Waals surface area contributed by atoms with Crippen LogP contribution in [-0.2, 0) is 15.9 Å². The van der Waals surface area contributed by atoms with E-state index in [0.29, 0.717) is 22.9 Å². The Labute approximate surface area is 138 Å². The second kappa shape index (κ2) is 6.16. The highest BCUT2D eigenvalue weighted by atomic mass is 35.5. The molecule has 3 rings (SSSR count). The summed E-state index contributed by atoms with van der Waals surface area (Å²) in [4.78, 5) is 4.45. The first-order valence-corrected chi connectivity index (χ1v) is 8.81. The molecule has 0 unspecified atom stereocenters. The molecule has 0 amide bonds. The molecule has 118 valence electrons. The molecular formula is C16H13ClN2O3S. The summed E-state index contributed by atoms with van der Waals surface area (Å²) < 4.78 is 28.4. The number of rotatable bonds is 4. The van der Waals surface area contributed by atoms with Gasteiger partial charge < -0.3 is 4.42 Å². The molecule has 0 aliphatic heterocycles. The van der Waals surface area contributed by atoms with Gasteiger partial charge in [-0.05, 0) is 24.3 Å². The van der Waals surface area contributed by atoms with Gasteiger partial charge >= 0.3 is 0 Å². The van der Waals surface area contributed by atoms with E-state index in [0.717, 1.165) is 5.56 Å². The standard InChI is InChI=1S/C16H13ClN2O3S/c17-10-14-19-15(11-4-2-1-3-5-11)16(22-14)12-6-8-13(9-7-12)23(18,20)21/h1-9H,10H2,(H2,18,20,21). The molecule has 0 spiro atoms. The number of hydrogen-bond acceptors (Lipinski definition) is 4. The van der Waals surface area contributed by atoms with E-state index in [-0.39, 0.29) is 10.8 Å². The SMILES string of the molecule is NS(=O)(=O)c1ccc(-c2oc(CCl)nc2-c2ccccc2)cc1. The van der Waals surface area contributed by atoms with Crippen molar-refractivity contribution in [2.45, 2.75) is 10.8 Å². The summed E-state index contributed by atoms with van der Waals surface area (Å²) in [6, 6.07) is 15.7. The molecule has 0 radical (unpaired) electrons. The highest BCUT2D eigenvalue weighted by Crippen LogP contribution is 2.33. The molecule has 0 saturated heterocycles. The maximum Gasteiger partial charge on any atom is 0.238 e. The van der Waals surface area contributed by atoms with Crippen LogP contribution in [0.25, 0.3) is 22.6 Å². The minimum Gasteiger partial charge on any atom is -0.439 e. The Morgan fingerprint density at radius 1 is 1.00 bits per heavy atom. The third kappa shape index (κ3) is 3.29. The molecule has 1 heterocycles. The first-order chi connectivity index (χ1) is 11.0. The van der Waals surface area contributed by atoms with Crippen LogP contribution >= 0.6 is 11.6 Å². The van der Waals surface area contributed by atoms with E-state index >= 15 is 0 Å². The van der Waals surface area contributed by atoms with Crippen molar-refractivity contribution in [3.05, 3.63) is 60.5 Å². The maximum absolute atomic E-state index is 11.3. The van der Waals surface area contributed by atoms with Crippen molar-refractivity contribution in [3.8, 4) is 22.6 Å². The minimum absolute atomic E-state index is 0.0413. The summed E-state index contributed by atoms with van der Waals surface area (Å²) in [7, 11) is -3.73. The fourth-order valence-corrected chi connectivity index (χ4v) is 2.83. The number of sulfonamides is 1. The zero-order chi connectivity index (χ0) is 16.4. The molecule has 0 saturated carbocycles. The Morgan fingerprint density at radius 2 is 1.65 bits per heavy atom. The van der Waals surface area contributed by atoms with Crippen LogP contribution in [0.15, 0.2) is 63.9 Å². The molecule has 2 aromatic carbocycles. The van der Waals surface area contributed by atoms with Gasteiger partial charge in [-0.3, -0.25) is 0 Å². The van der Waals surface area contributed by atoms with Gasteiger partial charge in [0, 0.05) is 11.1 Å². The molecule has 23 heavy (non-hydrogen) atoms. The van der Waals surface area contributed by atoms with Crippen molar-refractivity contribution in [1.82, 2.24) is 4.98 Å². The predicted octanol–water partition coefficient (Wildman–Crippen LogP) is 3.39. The number of nitrogens with two attached hydrogens (primary N) is 1. The third-order valence-corrected chi connectivity index (χ3v) is 4.44. The van der Waals surface area contributed by atoms with Crippen LogP contribution in [0.3, 0.4) is 0 Å². The summed E-state index contributed by atoms with van der Waals surface area (Å²) in [5.41, 5.74) is 2.24. The van der Waals surface area contributed by atoms with Gasteiger partial charge in [0.25, 0.3) is 0 Å². The van der Waals surface area contributed by atoms with E-state index in [1.54, 1.807) is 12.1 Å². The summed E-state index contributed by atoms with van der Waals surface area (Å²) >= 11 is 5.82. The molecule has 3 aromatic rings. The monoisotopic (exact) mass is 348 g/mol. The Hall–Kier alpha value is -2.15. The Morgan fingerprint density at radius 3 is 2.22 bits per heavy atom. The van der Waals surface area contributed by atoms with Crippen LogP contribution in [0.4, 0.5) is 0 Å². The molecule has 0 atom stereocenters. The molecule has 1 aromatic heterocycles. The first kappa shape index (κ1) is 15.7. The molecule has 7 heteroatoms. The number of benzene rings is 2. The number of hydrogen-bond donors (Lipinski definition) is 1. The number of alkyl halides is 1. The van der Waals surface area contributed by atoms with Crippen LogP contribution in [0.2, 0.25) is 0 Å². The lowest BCUT2D eigenvalue weighted by Gasteiger charge is -2.03. The molecule has 0 aliphatic carbocycles. The number of aromatic nitrogens is 1. The summed E-state index contributed by atoms with van der Waals surface area (Å²) in [6.07, 6.45) is 0. The highest BCUT2D eigenvalue weighted by Gasteiger charge is 2.17. The lowest BCUT2D eigenvalue weighted by molar-refractivity contribution is 0.529. The maximum atomic E-state index is 11.3. The van der Waals surface area contributed by atoms with E-state index in [2.05, 4.69) is 4.98 Å². The molecule has 0 bridgehead atoms. The number of halogens is 1. The summed E-state index contributed by atoms with van der Waals surface area (Å²) in [6.45, 7) is 0. The lowest BCUT2D eigenvalue weighted by atomic mass is 10.1. The third-order valence-electron chi connectivity index (χ3n) is 3.28. The fraction of sp³-hybridized carbons (Fsp3) is 0.0625. The summed E-state index contributed by atoms with van der Waals surface area (Å²) in [5, 5.41) is 5.11. The summed E-state index contributed by atoms with van der Waals surface area (Å²) in [5.74, 6) is 1.08. The molecule has 5 nitrogen and oxygen atoms in total. The van der Waals surface area contributed by atoms with Gasteiger partial charge in [-0.25, -0.2) is 18.5 Å². The molecule has 0 fully saturated rings. The Bertz CT molecular complexity index is 920. The molecule has 2 N–H and O–H groups in total. The van der Waals surface area contributed by atoms with E-state index < -0.39 is 10.0 Å². The van der Waals surface area contributed by atoms with Crippen molar-refractivity contribution in [1.29, 1.82) is 0 Å². The highest BCUT2D eigenvalue weighted by molar-refractivity contribution is 7.89. The van der Waals surface area contributed by atoms with E-state index in [1.165, 1.54) is 12.1 Å². The van der Waals surface area contributed by atoms with Gasteiger partial charge in [0.1, 0.15) is 5.69 Å². The van der Waals surface area contributed by atoms with Crippen LogP contribution in [0, 0.1) is 0 Å². The van der Waals surface area contributed by atoms with E-state index in [9.17, 15) is 8.42 Å². The number of oxazole rings is 1. The second-order valence-corrected chi connectivity index (χ2v) is 6.68. The van der Waals surface area contributed by atoms with Crippen molar-refractivity contribution >= 4 is 21.6 Å². The van der Waals surface area contributed by atoms with Crippen molar-refractivity contribution in [2.75, 3.05) is 0 Å². The van der Waals surface area contributed by atoms with E-state index in [1.807, 2.05) is 30.3 Å². The topological polar surface area (TPSA) is 86.2 Å². The Kier molecular flexibility index (Phi) is 4.21. The van der Waals surface area contributed by atoms with Crippen molar-refractivity contribution in [3.63, 3.8) is 0 Å². The zero-order valence-electron chi connectivity index (χ0n) is 11.9. The number of primary sulfonamides is 1. The predicted molar refractivity (Wildman–Crippen MR) is 88.3 cm³/mol. The minimum atomic E-state index is -3.73.